The van der Waals surface area contributed by atoms with Crippen LogP contribution in [-0.2, 0) is 18.3 Å². The molecule has 0 aliphatic carbocycles. The van der Waals surface area contributed by atoms with Crippen LogP contribution in [-0.4, -0.2) is 28.4 Å². The first-order chi connectivity index (χ1) is 13.5. The SMILES string of the molecule is Cn1nc(CC(=O)NNC(=O)c2ccc3c(c2)OCO3)c2ccccc2c1=O. The molecule has 0 saturated heterocycles. The van der Waals surface area contributed by atoms with E-state index in [4.69, 9.17) is 9.47 Å². The number of hydrazine groups is 1. The molecule has 4 rings (SSSR count). The first kappa shape index (κ1) is 17.5. The second-order valence-corrected chi connectivity index (χ2v) is 6.17. The summed E-state index contributed by atoms with van der Waals surface area (Å²) in [6, 6.07) is 11.7. The molecular formula is C19H16N4O5. The fraction of sp³-hybridized carbons (Fsp3) is 0.158. The summed E-state index contributed by atoms with van der Waals surface area (Å²) in [6.07, 6.45) is -0.101. The van der Waals surface area contributed by atoms with Crippen LogP contribution in [0.3, 0.4) is 0 Å². The summed E-state index contributed by atoms with van der Waals surface area (Å²) in [5.41, 5.74) is 5.22. The second-order valence-electron chi connectivity index (χ2n) is 6.17. The monoisotopic (exact) mass is 380 g/mol. The van der Waals surface area contributed by atoms with Gasteiger partial charge in [-0.1, -0.05) is 18.2 Å². The van der Waals surface area contributed by atoms with Gasteiger partial charge in [0, 0.05) is 18.0 Å². The highest BCUT2D eigenvalue weighted by Crippen LogP contribution is 2.32. The molecular weight excluding hydrogens is 364 g/mol. The Bertz CT molecular complexity index is 1150. The number of nitrogens with zero attached hydrogens (tertiary/aromatic N) is 2. The number of rotatable bonds is 3. The summed E-state index contributed by atoms with van der Waals surface area (Å²) in [7, 11) is 1.53. The maximum atomic E-state index is 12.3. The lowest BCUT2D eigenvalue weighted by Crippen LogP contribution is -2.42. The Balaban J connectivity index is 1.45. The average molecular weight is 380 g/mol. The van der Waals surface area contributed by atoms with Crippen LogP contribution in [0.4, 0.5) is 0 Å². The predicted octanol–water partition coefficient (Wildman–Crippen LogP) is 0.666. The van der Waals surface area contributed by atoms with Crippen LogP contribution in [0.5, 0.6) is 11.5 Å². The predicted molar refractivity (Wildman–Crippen MR) is 98.9 cm³/mol. The molecule has 0 unspecified atom stereocenters. The van der Waals surface area contributed by atoms with E-state index in [0.717, 1.165) is 0 Å². The first-order valence-corrected chi connectivity index (χ1v) is 8.46. The largest absolute Gasteiger partial charge is 0.454 e. The number of hydrogen-bond donors (Lipinski definition) is 2. The zero-order chi connectivity index (χ0) is 19.7. The van der Waals surface area contributed by atoms with Crippen molar-refractivity contribution in [2.24, 2.45) is 7.05 Å². The molecule has 0 bridgehead atoms. The summed E-state index contributed by atoms with van der Waals surface area (Å²) >= 11 is 0. The fourth-order valence-corrected chi connectivity index (χ4v) is 2.94. The molecule has 0 radical (unpaired) electrons. The van der Waals surface area contributed by atoms with Crippen molar-refractivity contribution in [3.05, 3.63) is 64.1 Å². The van der Waals surface area contributed by atoms with Gasteiger partial charge in [0.2, 0.25) is 12.7 Å². The van der Waals surface area contributed by atoms with E-state index in [-0.39, 0.29) is 18.8 Å². The molecule has 0 fully saturated rings. The lowest BCUT2D eigenvalue weighted by atomic mass is 10.1. The third kappa shape index (κ3) is 3.25. The molecule has 1 aromatic heterocycles. The Morgan fingerprint density at radius 2 is 1.82 bits per heavy atom. The highest BCUT2D eigenvalue weighted by atomic mass is 16.7. The minimum atomic E-state index is -0.495. The number of carbonyl (C=O) groups excluding carboxylic acids is 2. The number of nitrogens with one attached hydrogen (secondary N) is 2. The van der Waals surface area contributed by atoms with E-state index in [0.29, 0.717) is 33.5 Å². The van der Waals surface area contributed by atoms with E-state index in [1.165, 1.54) is 17.8 Å². The fourth-order valence-electron chi connectivity index (χ4n) is 2.94. The molecule has 0 spiro atoms. The van der Waals surface area contributed by atoms with Crippen molar-refractivity contribution >= 4 is 22.6 Å². The Labute approximate surface area is 158 Å². The van der Waals surface area contributed by atoms with E-state index in [1.54, 1.807) is 36.4 Å². The van der Waals surface area contributed by atoms with E-state index in [9.17, 15) is 14.4 Å². The van der Waals surface area contributed by atoms with Crippen LogP contribution in [0.1, 0.15) is 16.1 Å². The van der Waals surface area contributed by atoms with Gasteiger partial charge in [-0.2, -0.15) is 5.10 Å². The standard InChI is InChI=1S/C19H16N4O5/c1-23-19(26)13-5-3-2-4-12(13)14(22-23)9-17(24)20-21-18(25)11-6-7-15-16(8-11)28-10-27-15/h2-8H,9-10H2,1H3,(H,20,24)(H,21,25). The van der Waals surface area contributed by atoms with Gasteiger partial charge in [-0.15, -0.1) is 0 Å². The molecule has 1 aliphatic rings. The van der Waals surface area contributed by atoms with Crippen LogP contribution >= 0.6 is 0 Å². The average Bonchev–Trinajstić information content (AvgIpc) is 3.18. The van der Waals surface area contributed by atoms with Crippen molar-refractivity contribution in [1.82, 2.24) is 20.6 Å². The first-order valence-electron chi connectivity index (χ1n) is 8.46. The molecule has 28 heavy (non-hydrogen) atoms. The number of aromatic nitrogens is 2. The Morgan fingerprint density at radius 3 is 2.64 bits per heavy atom. The number of benzene rings is 2. The van der Waals surface area contributed by atoms with Crippen LogP contribution in [0.2, 0.25) is 0 Å². The number of ether oxygens (including phenoxy) is 2. The number of hydrogen-bond acceptors (Lipinski definition) is 6. The van der Waals surface area contributed by atoms with Gasteiger partial charge < -0.3 is 9.47 Å². The quantitative estimate of drug-likeness (QED) is 0.646. The normalized spacial score (nSPS) is 12.0. The van der Waals surface area contributed by atoms with Crippen molar-refractivity contribution in [1.29, 1.82) is 0 Å². The molecule has 2 amide bonds. The topological polar surface area (TPSA) is 112 Å². The molecule has 3 aromatic rings. The van der Waals surface area contributed by atoms with Gasteiger partial charge in [0.25, 0.3) is 11.5 Å². The molecule has 2 aromatic carbocycles. The lowest BCUT2D eigenvalue weighted by Gasteiger charge is -2.10. The Hall–Kier alpha value is -3.88. The number of aryl methyl sites for hydroxylation is 1. The zero-order valence-electron chi connectivity index (χ0n) is 14.9. The second kappa shape index (κ2) is 7.03. The number of carbonyl (C=O) groups is 2. The van der Waals surface area contributed by atoms with Crippen LogP contribution in [0.15, 0.2) is 47.3 Å². The molecule has 142 valence electrons. The Kier molecular flexibility index (Phi) is 4.40. The van der Waals surface area contributed by atoms with Crippen LogP contribution in [0.25, 0.3) is 10.8 Å². The van der Waals surface area contributed by atoms with Gasteiger partial charge in [-0.3, -0.25) is 25.2 Å². The van der Waals surface area contributed by atoms with Gasteiger partial charge in [-0.25, -0.2) is 4.68 Å². The summed E-state index contributed by atoms with van der Waals surface area (Å²) < 4.78 is 11.6. The maximum Gasteiger partial charge on any atom is 0.274 e. The van der Waals surface area contributed by atoms with Crippen molar-refractivity contribution < 1.29 is 19.1 Å². The van der Waals surface area contributed by atoms with Crippen molar-refractivity contribution in [2.45, 2.75) is 6.42 Å². The van der Waals surface area contributed by atoms with Crippen molar-refractivity contribution in [3.63, 3.8) is 0 Å². The van der Waals surface area contributed by atoms with E-state index in [1.807, 2.05) is 0 Å². The van der Waals surface area contributed by atoms with Gasteiger partial charge in [0.15, 0.2) is 11.5 Å². The maximum absolute atomic E-state index is 12.3. The molecule has 0 saturated carbocycles. The van der Waals surface area contributed by atoms with Gasteiger partial charge in [0.1, 0.15) is 0 Å². The van der Waals surface area contributed by atoms with Crippen LogP contribution in [0, 0.1) is 0 Å². The van der Waals surface area contributed by atoms with Gasteiger partial charge >= 0.3 is 0 Å². The van der Waals surface area contributed by atoms with E-state index >= 15 is 0 Å². The lowest BCUT2D eigenvalue weighted by molar-refractivity contribution is -0.121. The molecule has 0 atom stereocenters. The zero-order valence-corrected chi connectivity index (χ0v) is 14.9. The minimum Gasteiger partial charge on any atom is -0.454 e. The van der Waals surface area contributed by atoms with Crippen molar-refractivity contribution in [3.8, 4) is 11.5 Å². The van der Waals surface area contributed by atoms with Crippen molar-refractivity contribution in [2.75, 3.05) is 6.79 Å². The van der Waals surface area contributed by atoms with Gasteiger partial charge in [0.05, 0.1) is 17.5 Å². The Morgan fingerprint density at radius 1 is 1.07 bits per heavy atom. The summed E-state index contributed by atoms with van der Waals surface area (Å²) in [5, 5.41) is 5.24. The highest BCUT2D eigenvalue weighted by molar-refractivity contribution is 5.96. The van der Waals surface area contributed by atoms with Gasteiger partial charge in [-0.05, 0) is 24.3 Å². The van der Waals surface area contributed by atoms with E-state index in [2.05, 4.69) is 16.0 Å². The molecule has 9 nitrogen and oxygen atoms in total. The van der Waals surface area contributed by atoms with Crippen LogP contribution < -0.4 is 25.9 Å². The smallest absolute Gasteiger partial charge is 0.274 e. The number of fused-ring (bicyclic) bond motifs is 2. The highest BCUT2D eigenvalue weighted by Gasteiger charge is 2.17. The third-order valence-corrected chi connectivity index (χ3v) is 4.31. The minimum absolute atomic E-state index is 0.101. The molecule has 1 aliphatic heterocycles. The number of amides is 2. The summed E-state index contributed by atoms with van der Waals surface area (Å²) in [6.45, 7) is 0.109. The summed E-state index contributed by atoms with van der Waals surface area (Å²) in [4.78, 5) is 36.6. The molecule has 2 N–H and O–H groups in total. The molecule has 9 heteroatoms. The summed E-state index contributed by atoms with van der Waals surface area (Å²) in [5.74, 6) is 0.0726. The third-order valence-electron chi connectivity index (χ3n) is 4.31. The van der Waals surface area contributed by atoms with E-state index < -0.39 is 11.8 Å². The molecule has 2 heterocycles.